The van der Waals surface area contributed by atoms with Gasteiger partial charge in [-0.3, -0.25) is 4.99 Å². The van der Waals surface area contributed by atoms with Crippen molar-refractivity contribution in [2.75, 3.05) is 53.6 Å². The van der Waals surface area contributed by atoms with Crippen LogP contribution in [0.2, 0.25) is 5.02 Å². The molecule has 1 aromatic rings. The summed E-state index contributed by atoms with van der Waals surface area (Å²) >= 11 is 6.32. The van der Waals surface area contributed by atoms with Gasteiger partial charge in [0, 0.05) is 40.4 Å². The lowest BCUT2D eigenvalue weighted by Crippen LogP contribution is -2.40. The molecule has 0 atom stereocenters. The molecular formula is C20H31ClIN3O3. The van der Waals surface area contributed by atoms with Gasteiger partial charge in [-0.2, -0.15) is 0 Å². The maximum Gasteiger partial charge on any atom is 0.193 e. The zero-order valence-corrected chi connectivity index (χ0v) is 19.8. The fraction of sp³-hybridized carbons (Fsp3) is 0.650. The highest BCUT2D eigenvalue weighted by Gasteiger charge is 2.17. The second-order valence-electron chi connectivity index (χ2n) is 7.09. The van der Waals surface area contributed by atoms with Crippen molar-refractivity contribution in [2.45, 2.75) is 25.7 Å². The molecule has 0 aromatic heterocycles. The van der Waals surface area contributed by atoms with Crippen molar-refractivity contribution in [3.8, 4) is 11.5 Å². The number of hydrogen-bond acceptors (Lipinski definition) is 4. The van der Waals surface area contributed by atoms with E-state index < -0.39 is 0 Å². The first-order valence-corrected chi connectivity index (χ1v) is 10.1. The summed E-state index contributed by atoms with van der Waals surface area (Å²) < 4.78 is 16.7. The van der Waals surface area contributed by atoms with Gasteiger partial charge in [-0.25, -0.2) is 0 Å². The first kappa shape index (κ1) is 23.3. The number of nitrogens with zero attached hydrogens (tertiary/aromatic N) is 2. The number of nitrogens with one attached hydrogen (secondary N) is 1. The zero-order chi connectivity index (χ0) is 19.1. The van der Waals surface area contributed by atoms with E-state index in [0.717, 1.165) is 55.9 Å². The number of fused-ring (bicyclic) bond motifs is 1. The Balaban J connectivity index is 0.00000280. The summed E-state index contributed by atoms with van der Waals surface area (Å²) in [6.07, 6.45) is 4.36. The molecule has 1 saturated heterocycles. The number of aliphatic imine (C=N–C) groups is 1. The Labute approximate surface area is 190 Å². The first-order chi connectivity index (χ1) is 13.2. The van der Waals surface area contributed by atoms with Crippen LogP contribution >= 0.6 is 35.6 Å². The zero-order valence-electron chi connectivity index (χ0n) is 16.7. The molecular weight excluding hydrogens is 493 g/mol. The molecule has 28 heavy (non-hydrogen) atoms. The van der Waals surface area contributed by atoms with Gasteiger partial charge in [-0.05, 0) is 49.3 Å². The van der Waals surface area contributed by atoms with Crippen LogP contribution in [0.3, 0.4) is 0 Å². The lowest BCUT2D eigenvalue weighted by atomic mass is 9.96. The highest BCUT2D eigenvalue weighted by molar-refractivity contribution is 14.0. The standard InChI is InChI=1S/C20H30ClN3O3.HI/c1-22-20(24(2)8-4-15-5-9-25-10-6-15)23-7-3-16-13-17(21)19-18(14-16)26-11-12-27-19;/h13-15H,3-12H2,1-2H3,(H,22,23);1H. The summed E-state index contributed by atoms with van der Waals surface area (Å²) in [6.45, 7) is 4.70. The van der Waals surface area contributed by atoms with Gasteiger partial charge in [0.1, 0.15) is 13.2 Å². The van der Waals surface area contributed by atoms with Crippen molar-refractivity contribution in [1.29, 1.82) is 0 Å². The number of benzene rings is 1. The lowest BCUT2D eigenvalue weighted by Gasteiger charge is -2.27. The Kier molecular flexibility index (Phi) is 9.94. The predicted molar refractivity (Wildman–Crippen MR) is 124 cm³/mol. The summed E-state index contributed by atoms with van der Waals surface area (Å²) in [5, 5.41) is 4.05. The van der Waals surface area contributed by atoms with Crippen LogP contribution in [0.4, 0.5) is 0 Å². The minimum absolute atomic E-state index is 0. The molecule has 3 rings (SSSR count). The van der Waals surface area contributed by atoms with Gasteiger partial charge in [0.15, 0.2) is 17.5 Å². The monoisotopic (exact) mass is 523 g/mol. The van der Waals surface area contributed by atoms with Crippen molar-refractivity contribution in [3.05, 3.63) is 22.7 Å². The van der Waals surface area contributed by atoms with E-state index in [1.165, 1.54) is 19.3 Å². The van der Waals surface area contributed by atoms with E-state index >= 15 is 0 Å². The largest absolute Gasteiger partial charge is 0.486 e. The molecule has 1 N–H and O–H groups in total. The average Bonchev–Trinajstić information content (AvgIpc) is 2.70. The van der Waals surface area contributed by atoms with Crippen LogP contribution in [0.15, 0.2) is 17.1 Å². The lowest BCUT2D eigenvalue weighted by molar-refractivity contribution is 0.0625. The highest BCUT2D eigenvalue weighted by Crippen LogP contribution is 2.38. The number of hydrogen-bond donors (Lipinski definition) is 1. The van der Waals surface area contributed by atoms with Crippen LogP contribution < -0.4 is 14.8 Å². The summed E-state index contributed by atoms with van der Waals surface area (Å²) in [5.74, 6) is 3.08. The molecule has 0 amide bonds. The van der Waals surface area contributed by atoms with Crippen LogP contribution in [0.5, 0.6) is 11.5 Å². The van der Waals surface area contributed by atoms with E-state index in [4.69, 9.17) is 25.8 Å². The Morgan fingerprint density at radius 2 is 1.96 bits per heavy atom. The maximum absolute atomic E-state index is 6.32. The molecule has 0 unspecified atom stereocenters. The third-order valence-electron chi connectivity index (χ3n) is 5.14. The van der Waals surface area contributed by atoms with Gasteiger partial charge < -0.3 is 24.4 Å². The van der Waals surface area contributed by atoms with Gasteiger partial charge in [0.25, 0.3) is 0 Å². The van der Waals surface area contributed by atoms with E-state index in [0.29, 0.717) is 24.0 Å². The molecule has 2 heterocycles. The minimum atomic E-state index is 0. The van der Waals surface area contributed by atoms with Gasteiger partial charge in [0.2, 0.25) is 0 Å². The summed E-state index contributed by atoms with van der Waals surface area (Å²) in [4.78, 5) is 6.61. The van der Waals surface area contributed by atoms with E-state index in [9.17, 15) is 0 Å². The minimum Gasteiger partial charge on any atom is -0.486 e. The van der Waals surface area contributed by atoms with Crippen molar-refractivity contribution in [1.82, 2.24) is 10.2 Å². The number of rotatable bonds is 6. The Hall–Kier alpha value is -0.930. The SMILES string of the molecule is CN=C(NCCc1cc(Cl)c2c(c1)OCCO2)N(C)CCC1CCOCC1.I. The van der Waals surface area contributed by atoms with Gasteiger partial charge in [-0.15, -0.1) is 24.0 Å². The van der Waals surface area contributed by atoms with Crippen molar-refractivity contribution in [2.24, 2.45) is 10.9 Å². The molecule has 1 fully saturated rings. The molecule has 8 heteroatoms. The number of ether oxygens (including phenoxy) is 3. The molecule has 2 aliphatic rings. The van der Waals surface area contributed by atoms with E-state index in [1.807, 2.05) is 19.2 Å². The fourth-order valence-corrected chi connectivity index (χ4v) is 3.82. The summed E-state index contributed by atoms with van der Waals surface area (Å²) in [5.41, 5.74) is 1.12. The number of halogens is 2. The molecule has 1 aromatic carbocycles. The fourth-order valence-electron chi connectivity index (χ4n) is 3.53. The summed E-state index contributed by atoms with van der Waals surface area (Å²) in [7, 11) is 3.92. The van der Waals surface area contributed by atoms with Crippen LogP contribution in [0.25, 0.3) is 0 Å². The van der Waals surface area contributed by atoms with Crippen LogP contribution in [-0.4, -0.2) is 64.5 Å². The molecule has 0 aliphatic carbocycles. The van der Waals surface area contributed by atoms with Crippen molar-refractivity contribution < 1.29 is 14.2 Å². The number of guanidine groups is 1. The van der Waals surface area contributed by atoms with E-state index in [2.05, 4.69) is 22.3 Å². The molecule has 2 aliphatic heterocycles. The van der Waals surface area contributed by atoms with Crippen LogP contribution in [-0.2, 0) is 11.2 Å². The molecule has 158 valence electrons. The third kappa shape index (κ3) is 6.56. The quantitative estimate of drug-likeness (QED) is 0.351. The second kappa shape index (κ2) is 11.9. The van der Waals surface area contributed by atoms with Gasteiger partial charge in [0.05, 0.1) is 5.02 Å². The van der Waals surface area contributed by atoms with Crippen molar-refractivity contribution >= 4 is 41.5 Å². The molecule has 0 saturated carbocycles. The summed E-state index contributed by atoms with van der Waals surface area (Å²) in [6, 6.07) is 3.97. The third-order valence-corrected chi connectivity index (χ3v) is 5.42. The Morgan fingerprint density at radius 3 is 2.71 bits per heavy atom. The van der Waals surface area contributed by atoms with Gasteiger partial charge >= 0.3 is 0 Å². The van der Waals surface area contributed by atoms with E-state index in [-0.39, 0.29) is 24.0 Å². The smallest absolute Gasteiger partial charge is 0.193 e. The normalized spacial score (nSPS) is 17.0. The predicted octanol–water partition coefficient (Wildman–Crippen LogP) is 3.60. The van der Waals surface area contributed by atoms with Crippen molar-refractivity contribution in [3.63, 3.8) is 0 Å². The molecule has 6 nitrogen and oxygen atoms in total. The maximum atomic E-state index is 6.32. The van der Waals surface area contributed by atoms with Crippen LogP contribution in [0.1, 0.15) is 24.8 Å². The Morgan fingerprint density at radius 1 is 1.21 bits per heavy atom. The first-order valence-electron chi connectivity index (χ1n) is 9.75. The van der Waals surface area contributed by atoms with Gasteiger partial charge in [-0.1, -0.05) is 11.6 Å². The average molecular weight is 524 g/mol. The van der Waals surface area contributed by atoms with E-state index in [1.54, 1.807) is 0 Å². The molecule has 0 radical (unpaired) electrons. The topological polar surface area (TPSA) is 55.3 Å². The van der Waals surface area contributed by atoms with Crippen LogP contribution in [0, 0.1) is 5.92 Å². The molecule has 0 spiro atoms. The second-order valence-corrected chi connectivity index (χ2v) is 7.50. The molecule has 0 bridgehead atoms. The highest BCUT2D eigenvalue weighted by atomic mass is 127. The Bertz CT molecular complexity index is 654.